The molecule has 1 atom stereocenters. The highest BCUT2D eigenvalue weighted by atomic mass is 79.9. The molecule has 0 aromatic heterocycles. The van der Waals surface area contributed by atoms with Crippen LogP contribution in [0.4, 0.5) is 5.69 Å². The van der Waals surface area contributed by atoms with E-state index in [1.807, 2.05) is 25.1 Å². The number of halogens is 1. The minimum Gasteiger partial charge on any atom is -0.377 e. The van der Waals surface area contributed by atoms with E-state index in [0.717, 1.165) is 48.3 Å². The van der Waals surface area contributed by atoms with E-state index in [2.05, 4.69) is 26.9 Å². The number of anilines is 1. The molecule has 1 saturated heterocycles. The molecule has 18 heavy (non-hydrogen) atoms. The van der Waals surface area contributed by atoms with Crippen molar-refractivity contribution in [1.82, 2.24) is 0 Å². The highest BCUT2D eigenvalue weighted by molar-refractivity contribution is 9.10. The lowest BCUT2D eigenvalue weighted by molar-refractivity contribution is 0.0526. The minimum absolute atomic E-state index is 0.286. The predicted octanol–water partition coefficient (Wildman–Crippen LogP) is 3.33. The van der Waals surface area contributed by atoms with Gasteiger partial charge >= 0.3 is 0 Å². The van der Waals surface area contributed by atoms with Gasteiger partial charge in [-0.05, 0) is 47.8 Å². The molecular weight excluding hydrogens is 292 g/mol. The molecule has 1 fully saturated rings. The van der Waals surface area contributed by atoms with Gasteiger partial charge in [0, 0.05) is 24.2 Å². The van der Waals surface area contributed by atoms with Crippen molar-refractivity contribution >= 4 is 21.6 Å². The maximum absolute atomic E-state index is 9.26. The first kappa shape index (κ1) is 13.4. The van der Waals surface area contributed by atoms with Gasteiger partial charge in [0.25, 0.3) is 0 Å². The lowest BCUT2D eigenvalue weighted by Gasteiger charge is -2.34. The fraction of sp³-hybridized carbons (Fsp3) is 0.500. The van der Waals surface area contributed by atoms with E-state index in [4.69, 9.17) is 4.74 Å². The van der Waals surface area contributed by atoms with E-state index in [0.29, 0.717) is 0 Å². The Bertz CT molecular complexity index is 454. The van der Waals surface area contributed by atoms with Crippen molar-refractivity contribution in [3.8, 4) is 6.07 Å². The molecule has 0 radical (unpaired) electrons. The van der Waals surface area contributed by atoms with E-state index in [1.165, 1.54) is 0 Å². The smallest absolute Gasteiger partial charge is 0.103 e. The van der Waals surface area contributed by atoms with Crippen LogP contribution < -0.4 is 4.90 Å². The van der Waals surface area contributed by atoms with E-state index < -0.39 is 0 Å². The van der Waals surface area contributed by atoms with Gasteiger partial charge in [-0.1, -0.05) is 6.07 Å². The van der Waals surface area contributed by atoms with Gasteiger partial charge in [-0.25, -0.2) is 0 Å². The highest BCUT2D eigenvalue weighted by Gasteiger charge is 2.22. The normalized spacial score (nSPS) is 19.6. The number of hydrogen-bond acceptors (Lipinski definition) is 3. The largest absolute Gasteiger partial charge is 0.377 e. The SMILES string of the molecule is CCOC1CCCN(c2cccc(Br)c2C#N)C1. The molecule has 0 bridgehead atoms. The summed E-state index contributed by atoms with van der Waals surface area (Å²) in [4.78, 5) is 2.26. The standard InChI is InChI=1S/C14H17BrN2O/c1-2-18-11-5-4-8-17(10-11)14-7-3-6-13(15)12(14)9-16/h3,6-7,11H,2,4-5,8,10H2,1H3. The van der Waals surface area contributed by atoms with Crippen LogP contribution in [0.5, 0.6) is 0 Å². The van der Waals surface area contributed by atoms with Crippen LogP contribution in [0.3, 0.4) is 0 Å². The fourth-order valence-corrected chi connectivity index (χ4v) is 2.86. The zero-order chi connectivity index (χ0) is 13.0. The van der Waals surface area contributed by atoms with E-state index in [-0.39, 0.29) is 6.10 Å². The van der Waals surface area contributed by atoms with Crippen LogP contribution in [0.1, 0.15) is 25.3 Å². The average molecular weight is 309 g/mol. The number of ether oxygens (including phenoxy) is 1. The molecular formula is C14H17BrN2O. The third-order valence-corrected chi connectivity index (χ3v) is 3.89. The molecule has 0 aliphatic carbocycles. The molecule has 1 aromatic rings. The zero-order valence-corrected chi connectivity index (χ0v) is 12.1. The molecule has 1 aliphatic rings. The van der Waals surface area contributed by atoms with Crippen LogP contribution in [0.2, 0.25) is 0 Å². The van der Waals surface area contributed by atoms with Gasteiger partial charge in [0.2, 0.25) is 0 Å². The van der Waals surface area contributed by atoms with Gasteiger partial charge in [0.05, 0.1) is 17.4 Å². The molecule has 1 aliphatic heterocycles. The number of rotatable bonds is 3. The van der Waals surface area contributed by atoms with Gasteiger partial charge in [0.15, 0.2) is 0 Å². The second-order valence-electron chi connectivity index (χ2n) is 4.41. The first-order valence-electron chi connectivity index (χ1n) is 6.31. The Hall–Kier alpha value is -1.05. The Morgan fingerprint density at radius 2 is 2.39 bits per heavy atom. The summed E-state index contributed by atoms with van der Waals surface area (Å²) in [6.07, 6.45) is 2.51. The maximum atomic E-state index is 9.26. The number of nitrogens with zero attached hydrogens (tertiary/aromatic N) is 2. The van der Waals surface area contributed by atoms with E-state index in [9.17, 15) is 5.26 Å². The van der Waals surface area contributed by atoms with Crippen LogP contribution >= 0.6 is 15.9 Å². The van der Waals surface area contributed by atoms with E-state index >= 15 is 0 Å². The Morgan fingerprint density at radius 1 is 1.56 bits per heavy atom. The molecule has 96 valence electrons. The molecule has 1 unspecified atom stereocenters. The number of benzene rings is 1. The summed E-state index contributed by atoms with van der Waals surface area (Å²) in [6, 6.07) is 8.18. The molecule has 4 heteroatoms. The zero-order valence-electron chi connectivity index (χ0n) is 10.5. The summed E-state index contributed by atoms with van der Waals surface area (Å²) in [7, 11) is 0. The van der Waals surface area contributed by atoms with Gasteiger partial charge < -0.3 is 9.64 Å². The molecule has 0 N–H and O–H groups in total. The summed E-state index contributed by atoms with van der Waals surface area (Å²) in [6.45, 7) is 4.65. The van der Waals surface area contributed by atoms with Gasteiger partial charge in [-0.15, -0.1) is 0 Å². The van der Waals surface area contributed by atoms with Crippen molar-refractivity contribution < 1.29 is 4.74 Å². The highest BCUT2D eigenvalue weighted by Crippen LogP contribution is 2.29. The summed E-state index contributed by atoms with van der Waals surface area (Å²) in [5.74, 6) is 0. The average Bonchev–Trinajstić information content (AvgIpc) is 2.39. The van der Waals surface area contributed by atoms with Crippen LogP contribution in [0.15, 0.2) is 22.7 Å². The van der Waals surface area contributed by atoms with Crippen molar-refractivity contribution in [2.24, 2.45) is 0 Å². The number of nitriles is 1. The van der Waals surface area contributed by atoms with Gasteiger partial charge in [0.1, 0.15) is 6.07 Å². The third-order valence-electron chi connectivity index (χ3n) is 3.22. The van der Waals surface area contributed by atoms with Gasteiger partial charge in [-0.2, -0.15) is 5.26 Å². The summed E-state index contributed by atoms with van der Waals surface area (Å²) in [5.41, 5.74) is 1.73. The Balaban J connectivity index is 2.21. The van der Waals surface area contributed by atoms with Crippen LogP contribution in [0.25, 0.3) is 0 Å². The summed E-state index contributed by atoms with van der Waals surface area (Å²) >= 11 is 3.44. The monoisotopic (exact) mass is 308 g/mol. The molecule has 1 heterocycles. The van der Waals surface area contributed by atoms with Crippen molar-refractivity contribution in [1.29, 1.82) is 5.26 Å². The lowest BCUT2D eigenvalue weighted by Crippen LogP contribution is -2.40. The molecule has 2 rings (SSSR count). The number of hydrogen-bond donors (Lipinski definition) is 0. The predicted molar refractivity (Wildman–Crippen MR) is 75.7 cm³/mol. The molecule has 0 spiro atoms. The second-order valence-corrected chi connectivity index (χ2v) is 5.27. The quantitative estimate of drug-likeness (QED) is 0.859. The summed E-state index contributed by atoms with van der Waals surface area (Å²) in [5, 5.41) is 9.26. The lowest BCUT2D eigenvalue weighted by atomic mass is 10.1. The Kier molecular flexibility index (Phi) is 4.62. The second kappa shape index (κ2) is 6.21. The van der Waals surface area contributed by atoms with Gasteiger partial charge in [-0.3, -0.25) is 0 Å². The Morgan fingerprint density at radius 3 is 3.11 bits per heavy atom. The summed E-state index contributed by atoms with van der Waals surface area (Å²) < 4.78 is 6.56. The minimum atomic E-state index is 0.286. The van der Waals surface area contributed by atoms with Crippen LogP contribution in [-0.2, 0) is 4.74 Å². The third kappa shape index (κ3) is 2.85. The first-order chi connectivity index (χ1) is 8.76. The fourth-order valence-electron chi connectivity index (χ4n) is 2.42. The molecule has 0 amide bonds. The topological polar surface area (TPSA) is 36.3 Å². The van der Waals surface area contributed by atoms with E-state index in [1.54, 1.807) is 0 Å². The van der Waals surface area contributed by atoms with Crippen LogP contribution in [0, 0.1) is 11.3 Å². The van der Waals surface area contributed by atoms with Crippen LogP contribution in [-0.4, -0.2) is 25.8 Å². The van der Waals surface area contributed by atoms with Crippen molar-refractivity contribution in [3.63, 3.8) is 0 Å². The van der Waals surface area contributed by atoms with Crippen molar-refractivity contribution in [2.45, 2.75) is 25.9 Å². The van der Waals surface area contributed by atoms with Crippen molar-refractivity contribution in [2.75, 3.05) is 24.6 Å². The Labute approximate surface area is 116 Å². The van der Waals surface area contributed by atoms with Crippen molar-refractivity contribution in [3.05, 3.63) is 28.2 Å². The molecule has 0 saturated carbocycles. The first-order valence-corrected chi connectivity index (χ1v) is 7.10. The maximum Gasteiger partial charge on any atom is 0.103 e. The number of piperidine rings is 1. The molecule has 1 aromatic carbocycles. The molecule has 3 nitrogen and oxygen atoms in total.